The van der Waals surface area contributed by atoms with Crippen LogP contribution in [0, 0.1) is 6.92 Å². The molecule has 0 bridgehead atoms. The van der Waals surface area contributed by atoms with E-state index in [2.05, 4.69) is 20.2 Å². The topological polar surface area (TPSA) is 110 Å². The van der Waals surface area contributed by atoms with Crippen molar-refractivity contribution >= 4 is 5.97 Å². The number of aromatic amines is 1. The summed E-state index contributed by atoms with van der Waals surface area (Å²) in [7, 11) is 0. The third-order valence-corrected chi connectivity index (χ3v) is 1.89. The first-order valence-electron chi connectivity index (χ1n) is 4.46. The Kier molecular flexibility index (Phi) is 2.52. The average Bonchev–Trinajstić information content (AvgIpc) is 2.81. The monoisotopic (exact) mass is 262 g/mol. The van der Waals surface area contributed by atoms with Crippen LogP contribution in [0.5, 0.6) is 0 Å². The molecule has 0 aliphatic rings. The molecule has 0 saturated carbocycles. The highest BCUT2D eigenvalue weighted by molar-refractivity contribution is 5.82. The quantitative estimate of drug-likeness (QED) is 0.811. The van der Waals surface area contributed by atoms with Gasteiger partial charge in [0.05, 0.1) is 0 Å². The molecule has 2 heterocycles. The Labute approximate surface area is 96.5 Å². The van der Waals surface area contributed by atoms with E-state index in [-0.39, 0.29) is 5.82 Å². The highest BCUT2D eigenvalue weighted by atomic mass is 19.4. The fourth-order valence-electron chi connectivity index (χ4n) is 1.14. The zero-order valence-corrected chi connectivity index (χ0v) is 8.73. The highest BCUT2D eigenvalue weighted by Crippen LogP contribution is 2.26. The second kappa shape index (κ2) is 3.78. The van der Waals surface area contributed by atoms with Gasteiger partial charge in [-0.2, -0.15) is 22.8 Å². The highest BCUT2D eigenvalue weighted by Gasteiger charge is 2.35. The molecule has 8 nitrogen and oxygen atoms in total. The summed E-state index contributed by atoms with van der Waals surface area (Å²) in [6.45, 7) is 1.36. The number of aryl methyl sites for hydroxylation is 1. The third-order valence-electron chi connectivity index (χ3n) is 1.89. The summed E-state index contributed by atoms with van der Waals surface area (Å²) in [4.78, 5) is 17.3. The summed E-state index contributed by atoms with van der Waals surface area (Å²) in [5, 5.41) is 17.1. The number of aromatic carboxylic acids is 1. The molecule has 0 saturated heterocycles. The summed E-state index contributed by atoms with van der Waals surface area (Å²) in [5.41, 5.74) is 0. The second-order valence-corrected chi connectivity index (χ2v) is 3.18. The molecule has 0 amide bonds. The van der Waals surface area contributed by atoms with Crippen LogP contribution in [-0.4, -0.2) is 41.0 Å². The maximum atomic E-state index is 12.3. The molecule has 0 aromatic carbocycles. The normalized spacial score (nSPS) is 11.8. The number of hydrogen-bond donors (Lipinski definition) is 2. The third kappa shape index (κ3) is 2.01. The van der Waals surface area contributed by atoms with Gasteiger partial charge in [0.25, 0.3) is 11.8 Å². The van der Waals surface area contributed by atoms with Gasteiger partial charge < -0.3 is 5.11 Å². The van der Waals surface area contributed by atoms with Crippen molar-refractivity contribution in [2.75, 3.05) is 0 Å². The fourth-order valence-corrected chi connectivity index (χ4v) is 1.14. The summed E-state index contributed by atoms with van der Waals surface area (Å²) >= 11 is 0. The molecular formula is C7H5F3N6O2. The Morgan fingerprint density at radius 1 is 1.39 bits per heavy atom. The largest absolute Gasteiger partial charge is 0.475 e. The molecule has 0 radical (unpaired) electrons. The Morgan fingerprint density at radius 2 is 2.06 bits per heavy atom. The van der Waals surface area contributed by atoms with Crippen LogP contribution in [0.4, 0.5) is 13.2 Å². The molecule has 0 unspecified atom stereocenters. The Hall–Kier alpha value is -2.46. The van der Waals surface area contributed by atoms with Crippen LogP contribution in [0.25, 0.3) is 5.95 Å². The number of carbonyl (C=O) groups is 1. The minimum absolute atomic E-state index is 0.0557. The van der Waals surface area contributed by atoms with E-state index in [0.717, 1.165) is 4.68 Å². The van der Waals surface area contributed by atoms with Gasteiger partial charge in [0, 0.05) is 0 Å². The Morgan fingerprint density at radius 3 is 2.50 bits per heavy atom. The van der Waals surface area contributed by atoms with Crippen molar-refractivity contribution in [1.29, 1.82) is 0 Å². The van der Waals surface area contributed by atoms with Crippen LogP contribution in [0.3, 0.4) is 0 Å². The van der Waals surface area contributed by atoms with E-state index in [1.165, 1.54) is 6.92 Å². The minimum Gasteiger partial charge on any atom is -0.475 e. The lowest BCUT2D eigenvalue weighted by atomic mass is 10.6. The number of carboxylic acid groups (broad SMARTS) is 1. The van der Waals surface area contributed by atoms with E-state index >= 15 is 0 Å². The maximum Gasteiger partial charge on any atom is 0.451 e. The summed E-state index contributed by atoms with van der Waals surface area (Å²) < 4.78 is 37.6. The number of aromatic nitrogens is 6. The Balaban J connectivity index is 2.43. The van der Waals surface area contributed by atoms with Crippen molar-refractivity contribution in [1.82, 2.24) is 29.9 Å². The number of H-pyrrole nitrogens is 1. The standard InChI is InChI=1S/C7H5F3N6O2/c1-2-11-3(4(17)18)15-16(2)6-12-5(13-14-6)7(8,9)10/h1H3,(H,17,18)(H,12,13,14). The first kappa shape index (κ1) is 12.0. The lowest BCUT2D eigenvalue weighted by molar-refractivity contribution is -0.144. The van der Waals surface area contributed by atoms with E-state index in [0.29, 0.717) is 0 Å². The van der Waals surface area contributed by atoms with Crippen molar-refractivity contribution in [3.8, 4) is 5.95 Å². The van der Waals surface area contributed by atoms with Gasteiger partial charge in [-0.05, 0) is 6.92 Å². The van der Waals surface area contributed by atoms with E-state index in [1.54, 1.807) is 5.10 Å². The summed E-state index contributed by atoms with van der Waals surface area (Å²) in [5.74, 6) is -3.63. The summed E-state index contributed by atoms with van der Waals surface area (Å²) in [6, 6.07) is 0. The first-order valence-corrected chi connectivity index (χ1v) is 4.46. The number of rotatable bonds is 2. The van der Waals surface area contributed by atoms with E-state index in [9.17, 15) is 18.0 Å². The van der Waals surface area contributed by atoms with Crippen LogP contribution < -0.4 is 0 Å². The molecule has 2 rings (SSSR count). The average molecular weight is 262 g/mol. The van der Waals surface area contributed by atoms with Gasteiger partial charge in [0.15, 0.2) is 0 Å². The lowest BCUT2D eigenvalue weighted by Crippen LogP contribution is -2.08. The molecule has 2 aromatic heterocycles. The van der Waals surface area contributed by atoms with Crippen molar-refractivity contribution in [3.63, 3.8) is 0 Å². The second-order valence-electron chi connectivity index (χ2n) is 3.18. The van der Waals surface area contributed by atoms with Gasteiger partial charge >= 0.3 is 12.1 Å². The molecule has 0 atom stereocenters. The van der Waals surface area contributed by atoms with Crippen molar-refractivity contribution in [3.05, 3.63) is 17.5 Å². The molecule has 11 heteroatoms. The van der Waals surface area contributed by atoms with Gasteiger partial charge in [0.1, 0.15) is 5.82 Å². The number of nitrogens with zero attached hydrogens (tertiary/aromatic N) is 5. The van der Waals surface area contributed by atoms with Gasteiger partial charge in [-0.1, -0.05) is 0 Å². The number of nitrogens with one attached hydrogen (secondary N) is 1. The molecule has 0 fully saturated rings. The number of hydrogen-bond acceptors (Lipinski definition) is 5. The van der Waals surface area contributed by atoms with Gasteiger partial charge in [0.2, 0.25) is 5.82 Å². The molecule has 0 aliphatic heterocycles. The SMILES string of the molecule is Cc1nc(C(=O)O)nn1-c1n[nH]c(C(F)(F)F)n1. The molecule has 18 heavy (non-hydrogen) atoms. The molecule has 0 spiro atoms. The van der Waals surface area contributed by atoms with Gasteiger partial charge in [-0.3, -0.25) is 5.10 Å². The molecule has 96 valence electrons. The maximum absolute atomic E-state index is 12.3. The molecule has 2 aromatic rings. The number of carboxylic acids is 1. The van der Waals surface area contributed by atoms with Crippen molar-refractivity contribution in [2.24, 2.45) is 0 Å². The fraction of sp³-hybridized carbons (Fsp3) is 0.286. The predicted octanol–water partition coefficient (Wildman–Crippen LogP) is 0.411. The molecule has 0 aliphatic carbocycles. The smallest absolute Gasteiger partial charge is 0.451 e. The Bertz CT molecular complexity index is 601. The predicted molar refractivity (Wildman–Crippen MR) is 48.0 cm³/mol. The van der Waals surface area contributed by atoms with E-state index in [1.807, 2.05) is 0 Å². The van der Waals surface area contributed by atoms with E-state index in [4.69, 9.17) is 5.11 Å². The number of alkyl halides is 3. The lowest BCUT2D eigenvalue weighted by Gasteiger charge is -1.98. The minimum atomic E-state index is -4.67. The first-order chi connectivity index (χ1) is 8.29. The van der Waals surface area contributed by atoms with Crippen molar-refractivity contribution in [2.45, 2.75) is 13.1 Å². The van der Waals surface area contributed by atoms with E-state index < -0.39 is 29.7 Å². The van der Waals surface area contributed by atoms with Crippen molar-refractivity contribution < 1.29 is 23.1 Å². The van der Waals surface area contributed by atoms with Crippen LogP contribution in [0.1, 0.15) is 22.3 Å². The van der Waals surface area contributed by atoms with Crippen LogP contribution in [0.2, 0.25) is 0 Å². The molecule has 2 N–H and O–H groups in total. The zero-order chi connectivity index (χ0) is 13.5. The molecular weight excluding hydrogens is 257 g/mol. The number of halogens is 3. The summed E-state index contributed by atoms with van der Waals surface area (Å²) in [6.07, 6.45) is -4.67. The van der Waals surface area contributed by atoms with Gasteiger partial charge in [-0.15, -0.1) is 10.2 Å². The van der Waals surface area contributed by atoms with Gasteiger partial charge in [-0.25, -0.2) is 9.78 Å². The van der Waals surface area contributed by atoms with Crippen LogP contribution in [0.15, 0.2) is 0 Å². The zero-order valence-electron chi connectivity index (χ0n) is 8.73. The van der Waals surface area contributed by atoms with Crippen LogP contribution >= 0.6 is 0 Å². The van der Waals surface area contributed by atoms with Crippen LogP contribution in [-0.2, 0) is 6.18 Å².